The number of nitrogens with zero attached hydrogens (tertiary/aromatic N) is 1. The lowest BCUT2D eigenvalue weighted by molar-refractivity contribution is 0.319. The summed E-state index contributed by atoms with van der Waals surface area (Å²) in [5.41, 5.74) is 1.13. The minimum atomic E-state index is 0.172. The first-order valence-corrected chi connectivity index (χ1v) is 4.63. The predicted molar refractivity (Wildman–Crippen MR) is 56.3 cm³/mol. The number of hydrogen-bond acceptors (Lipinski definition) is 3. The van der Waals surface area contributed by atoms with Gasteiger partial charge < -0.3 is 9.94 Å². The highest BCUT2D eigenvalue weighted by Gasteiger charge is 2.06. The number of rotatable bonds is 4. The van der Waals surface area contributed by atoms with Gasteiger partial charge in [-0.05, 0) is 24.1 Å². The minimum Gasteiger partial charge on any atom is -0.497 e. The van der Waals surface area contributed by atoms with Crippen LogP contribution >= 0.6 is 0 Å². The fraction of sp³-hybridized carbons (Fsp3) is 0.364. The molecule has 0 unspecified atom stereocenters. The molecular formula is C11H15NO2. The van der Waals surface area contributed by atoms with Crippen molar-refractivity contribution in [3.63, 3.8) is 0 Å². The molecule has 1 N–H and O–H groups in total. The zero-order valence-electron chi connectivity index (χ0n) is 8.47. The van der Waals surface area contributed by atoms with Crippen LogP contribution in [0, 0.1) is 0 Å². The van der Waals surface area contributed by atoms with E-state index in [0.717, 1.165) is 17.7 Å². The van der Waals surface area contributed by atoms with Crippen LogP contribution in [0.15, 0.2) is 29.4 Å². The van der Waals surface area contributed by atoms with Crippen LogP contribution in [0.5, 0.6) is 5.75 Å². The number of hydrogen-bond donors (Lipinski definition) is 1. The lowest BCUT2D eigenvalue weighted by Gasteiger charge is -2.09. The third-order valence-electron chi connectivity index (χ3n) is 2.23. The molecule has 3 heteroatoms. The Hall–Kier alpha value is -1.51. The second kappa shape index (κ2) is 5.27. The lowest BCUT2D eigenvalue weighted by atomic mass is 9.98. The van der Waals surface area contributed by atoms with Gasteiger partial charge in [0.05, 0.1) is 13.3 Å². The van der Waals surface area contributed by atoms with Crippen molar-refractivity contribution in [3.8, 4) is 5.75 Å². The highest BCUT2D eigenvalue weighted by molar-refractivity contribution is 5.67. The molecule has 1 rings (SSSR count). The second-order valence-corrected chi connectivity index (χ2v) is 3.05. The Morgan fingerprint density at radius 2 is 2.07 bits per heavy atom. The third-order valence-corrected chi connectivity index (χ3v) is 2.23. The number of methoxy groups -OCH3 is 1. The molecule has 0 saturated carbocycles. The molecule has 0 aromatic heterocycles. The van der Waals surface area contributed by atoms with Crippen LogP contribution in [0.4, 0.5) is 0 Å². The standard InChI is InChI=1S/C11H15NO2/c1-3-9(8-12-13)10-4-6-11(14-2)7-5-10/h4-9,13H,3H2,1-2H3/b12-8-/t9-/m1/s1. The molecule has 1 aromatic carbocycles. The van der Waals surface area contributed by atoms with Crippen LogP contribution in [0.25, 0.3) is 0 Å². The maximum Gasteiger partial charge on any atom is 0.118 e. The Morgan fingerprint density at radius 3 is 2.50 bits per heavy atom. The fourth-order valence-electron chi connectivity index (χ4n) is 1.36. The monoisotopic (exact) mass is 193 g/mol. The summed E-state index contributed by atoms with van der Waals surface area (Å²) in [4.78, 5) is 0. The van der Waals surface area contributed by atoms with E-state index in [1.165, 1.54) is 0 Å². The van der Waals surface area contributed by atoms with Gasteiger partial charge >= 0.3 is 0 Å². The van der Waals surface area contributed by atoms with Crippen molar-refractivity contribution in [2.24, 2.45) is 5.16 Å². The zero-order valence-corrected chi connectivity index (χ0v) is 8.47. The molecule has 1 atom stereocenters. The van der Waals surface area contributed by atoms with Crippen molar-refractivity contribution in [3.05, 3.63) is 29.8 Å². The minimum absolute atomic E-state index is 0.172. The highest BCUT2D eigenvalue weighted by atomic mass is 16.5. The average molecular weight is 193 g/mol. The summed E-state index contributed by atoms with van der Waals surface area (Å²) in [5.74, 6) is 1.01. The second-order valence-electron chi connectivity index (χ2n) is 3.05. The van der Waals surface area contributed by atoms with Gasteiger partial charge in [-0.2, -0.15) is 0 Å². The van der Waals surface area contributed by atoms with E-state index in [0.29, 0.717) is 0 Å². The van der Waals surface area contributed by atoms with Gasteiger partial charge in [-0.15, -0.1) is 5.16 Å². The van der Waals surface area contributed by atoms with Gasteiger partial charge in [0.1, 0.15) is 5.75 Å². The fourth-order valence-corrected chi connectivity index (χ4v) is 1.36. The predicted octanol–water partition coefficient (Wildman–Crippen LogP) is 2.65. The molecular weight excluding hydrogens is 178 g/mol. The summed E-state index contributed by atoms with van der Waals surface area (Å²) in [7, 11) is 1.64. The SMILES string of the molecule is CC[C@H](/C=N\O)c1ccc(OC)cc1. The molecule has 3 nitrogen and oxygen atoms in total. The largest absolute Gasteiger partial charge is 0.497 e. The van der Waals surface area contributed by atoms with Crippen molar-refractivity contribution in [1.29, 1.82) is 0 Å². The molecule has 0 amide bonds. The van der Waals surface area contributed by atoms with Crippen LogP contribution in [-0.2, 0) is 0 Å². The summed E-state index contributed by atoms with van der Waals surface area (Å²) < 4.78 is 5.06. The van der Waals surface area contributed by atoms with Gasteiger partial charge in [0.15, 0.2) is 0 Å². The Balaban J connectivity index is 2.83. The molecule has 0 fully saturated rings. The summed E-state index contributed by atoms with van der Waals surface area (Å²) in [6.07, 6.45) is 2.46. The van der Waals surface area contributed by atoms with Gasteiger partial charge in [0.2, 0.25) is 0 Å². The maximum absolute atomic E-state index is 8.47. The van der Waals surface area contributed by atoms with Crippen molar-refractivity contribution >= 4 is 6.21 Å². The van der Waals surface area contributed by atoms with E-state index in [9.17, 15) is 0 Å². The molecule has 0 heterocycles. The average Bonchev–Trinajstić information content (AvgIpc) is 2.26. The zero-order chi connectivity index (χ0) is 10.4. The molecule has 0 bridgehead atoms. The van der Waals surface area contributed by atoms with Crippen molar-refractivity contribution in [2.45, 2.75) is 19.3 Å². The van der Waals surface area contributed by atoms with Gasteiger partial charge in [0, 0.05) is 5.92 Å². The molecule has 0 aliphatic carbocycles. The van der Waals surface area contributed by atoms with Crippen LogP contribution in [0.1, 0.15) is 24.8 Å². The van der Waals surface area contributed by atoms with E-state index in [1.54, 1.807) is 13.3 Å². The summed E-state index contributed by atoms with van der Waals surface area (Å²) in [6, 6.07) is 7.77. The van der Waals surface area contributed by atoms with Gasteiger partial charge in [-0.1, -0.05) is 19.1 Å². The van der Waals surface area contributed by atoms with Crippen molar-refractivity contribution < 1.29 is 9.94 Å². The molecule has 0 saturated heterocycles. The quantitative estimate of drug-likeness (QED) is 0.453. The van der Waals surface area contributed by atoms with Crippen LogP contribution in [0.2, 0.25) is 0 Å². The lowest BCUT2D eigenvalue weighted by Crippen LogP contribution is -1.98. The maximum atomic E-state index is 8.47. The molecule has 0 radical (unpaired) electrons. The highest BCUT2D eigenvalue weighted by Crippen LogP contribution is 2.20. The smallest absolute Gasteiger partial charge is 0.118 e. The Bertz CT molecular complexity index is 293. The first-order valence-electron chi connectivity index (χ1n) is 4.63. The Kier molecular flexibility index (Phi) is 3.98. The third kappa shape index (κ3) is 2.49. The molecule has 0 aliphatic heterocycles. The number of oxime groups is 1. The van der Waals surface area contributed by atoms with Gasteiger partial charge in [-0.25, -0.2) is 0 Å². The molecule has 0 spiro atoms. The van der Waals surface area contributed by atoms with E-state index < -0.39 is 0 Å². The Morgan fingerprint density at radius 1 is 1.43 bits per heavy atom. The van der Waals surface area contributed by atoms with E-state index >= 15 is 0 Å². The molecule has 76 valence electrons. The van der Waals surface area contributed by atoms with E-state index in [1.807, 2.05) is 24.3 Å². The first kappa shape index (κ1) is 10.6. The topological polar surface area (TPSA) is 41.8 Å². The van der Waals surface area contributed by atoms with Crippen LogP contribution < -0.4 is 4.74 Å². The summed E-state index contributed by atoms with van der Waals surface area (Å²) in [5, 5.41) is 11.5. The van der Waals surface area contributed by atoms with Crippen LogP contribution in [-0.4, -0.2) is 18.5 Å². The normalized spacial score (nSPS) is 13.0. The Labute approximate surface area is 84.0 Å². The van der Waals surface area contributed by atoms with Gasteiger partial charge in [0.25, 0.3) is 0 Å². The van der Waals surface area contributed by atoms with Crippen molar-refractivity contribution in [2.75, 3.05) is 7.11 Å². The summed E-state index contributed by atoms with van der Waals surface area (Å²) in [6.45, 7) is 2.05. The van der Waals surface area contributed by atoms with Crippen molar-refractivity contribution in [1.82, 2.24) is 0 Å². The van der Waals surface area contributed by atoms with Gasteiger partial charge in [-0.3, -0.25) is 0 Å². The number of benzene rings is 1. The van der Waals surface area contributed by atoms with Crippen LogP contribution in [0.3, 0.4) is 0 Å². The van der Waals surface area contributed by atoms with E-state index in [-0.39, 0.29) is 5.92 Å². The molecule has 14 heavy (non-hydrogen) atoms. The van der Waals surface area contributed by atoms with E-state index in [2.05, 4.69) is 12.1 Å². The number of ether oxygens (including phenoxy) is 1. The van der Waals surface area contributed by atoms with E-state index in [4.69, 9.17) is 9.94 Å². The molecule has 0 aliphatic rings. The first-order chi connectivity index (χ1) is 6.81. The molecule has 1 aromatic rings. The summed E-state index contributed by atoms with van der Waals surface area (Å²) >= 11 is 0.